The number of aliphatic hydroxyl groups is 2. The lowest BCUT2D eigenvalue weighted by Gasteiger charge is -2.38. The first-order valence-corrected chi connectivity index (χ1v) is 9.56. The van der Waals surface area contributed by atoms with Gasteiger partial charge in [0.2, 0.25) is 5.88 Å². The second-order valence-electron chi connectivity index (χ2n) is 8.07. The number of β-amino-alcohol motifs (C(OH)–C–C–N with tert-alkyl or cyclic N) is 1. The maximum Gasteiger partial charge on any atom is 0.216 e. The van der Waals surface area contributed by atoms with E-state index in [2.05, 4.69) is 9.97 Å². The number of piperidine rings is 1. The SMILES string of the molecule is C[C@@]1(O)CCCN(c2cc(OCC3(CO)CC3)nc3c(F)c(Cl)ncc23)C1. The summed E-state index contributed by atoms with van der Waals surface area (Å²) in [5.41, 5.74) is -0.212. The Bertz CT molecular complexity index is 873. The van der Waals surface area contributed by atoms with E-state index in [4.69, 9.17) is 16.3 Å². The number of aromatic nitrogens is 2. The first-order chi connectivity index (χ1) is 12.8. The molecule has 1 aliphatic carbocycles. The predicted octanol–water partition coefficient (Wildman–Crippen LogP) is 2.92. The van der Waals surface area contributed by atoms with E-state index in [9.17, 15) is 14.6 Å². The minimum absolute atomic E-state index is 0.0620. The first kappa shape index (κ1) is 18.7. The number of hydrogen-bond donors (Lipinski definition) is 2. The quantitative estimate of drug-likeness (QED) is 0.758. The van der Waals surface area contributed by atoms with Gasteiger partial charge in [-0.25, -0.2) is 14.4 Å². The van der Waals surface area contributed by atoms with E-state index in [1.807, 2.05) is 4.90 Å². The van der Waals surface area contributed by atoms with Crippen molar-refractivity contribution < 1.29 is 19.3 Å². The van der Waals surface area contributed by atoms with Gasteiger partial charge in [-0.2, -0.15) is 0 Å². The average Bonchev–Trinajstić information content (AvgIpc) is 3.42. The topological polar surface area (TPSA) is 78.7 Å². The van der Waals surface area contributed by atoms with Crippen LogP contribution < -0.4 is 9.64 Å². The molecule has 0 radical (unpaired) electrons. The second kappa shape index (κ2) is 6.72. The van der Waals surface area contributed by atoms with Crippen molar-refractivity contribution in [2.75, 3.05) is 31.2 Å². The molecule has 2 N–H and O–H groups in total. The van der Waals surface area contributed by atoms with Crippen molar-refractivity contribution in [3.8, 4) is 5.88 Å². The molecular weight excluding hydrogens is 373 g/mol. The molecule has 1 saturated carbocycles. The van der Waals surface area contributed by atoms with Gasteiger partial charge in [-0.3, -0.25) is 0 Å². The van der Waals surface area contributed by atoms with Crippen molar-refractivity contribution >= 4 is 28.2 Å². The van der Waals surface area contributed by atoms with Crippen molar-refractivity contribution in [3.05, 3.63) is 23.2 Å². The normalized spacial score (nSPS) is 24.3. The van der Waals surface area contributed by atoms with E-state index in [0.29, 0.717) is 30.6 Å². The molecule has 3 heterocycles. The number of ether oxygens (including phenoxy) is 1. The Morgan fingerprint density at radius 1 is 1.37 bits per heavy atom. The fourth-order valence-electron chi connectivity index (χ4n) is 3.60. The molecule has 1 atom stereocenters. The van der Waals surface area contributed by atoms with Crippen LogP contribution in [0.3, 0.4) is 0 Å². The molecule has 2 fully saturated rings. The molecule has 0 amide bonds. The summed E-state index contributed by atoms with van der Waals surface area (Å²) in [7, 11) is 0. The molecule has 1 aliphatic heterocycles. The van der Waals surface area contributed by atoms with Crippen LogP contribution in [0.15, 0.2) is 12.3 Å². The standard InChI is InChI=1S/C19H23ClFN3O3/c1-18(26)3-2-6-24(9-18)13-7-14(27-11-19(10-25)4-5-19)23-16-12(13)8-22-17(20)15(16)21/h7-8,25-26H,2-6,9-11H2,1H3/t18-/m1/s1. The fraction of sp³-hybridized carbons (Fsp3) is 0.579. The number of anilines is 1. The number of fused-ring (bicyclic) bond motifs is 1. The molecule has 2 aromatic heterocycles. The number of hydrogen-bond acceptors (Lipinski definition) is 6. The third kappa shape index (κ3) is 3.68. The highest BCUT2D eigenvalue weighted by molar-refractivity contribution is 6.30. The molecule has 0 bridgehead atoms. The Morgan fingerprint density at radius 2 is 2.15 bits per heavy atom. The Labute approximate surface area is 161 Å². The molecule has 0 unspecified atom stereocenters. The number of aliphatic hydroxyl groups excluding tert-OH is 1. The lowest BCUT2D eigenvalue weighted by Crippen LogP contribution is -2.46. The summed E-state index contributed by atoms with van der Waals surface area (Å²) in [6.07, 6.45) is 4.86. The average molecular weight is 396 g/mol. The van der Waals surface area contributed by atoms with Crippen LogP contribution in [0.1, 0.15) is 32.6 Å². The van der Waals surface area contributed by atoms with Gasteiger partial charge < -0.3 is 19.8 Å². The zero-order valence-corrected chi connectivity index (χ0v) is 16.0. The van der Waals surface area contributed by atoms with E-state index < -0.39 is 11.4 Å². The summed E-state index contributed by atoms with van der Waals surface area (Å²) in [5.74, 6) is -0.406. The fourth-order valence-corrected chi connectivity index (χ4v) is 3.74. The van der Waals surface area contributed by atoms with Gasteiger partial charge in [0, 0.05) is 36.2 Å². The Kier molecular flexibility index (Phi) is 4.64. The highest BCUT2D eigenvalue weighted by atomic mass is 35.5. The third-order valence-electron chi connectivity index (χ3n) is 5.54. The van der Waals surface area contributed by atoms with Crippen LogP contribution in [0.2, 0.25) is 5.15 Å². The van der Waals surface area contributed by atoms with Crippen LogP contribution in [0.25, 0.3) is 10.9 Å². The van der Waals surface area contributed by atoms with Gasteiger partial charge in [0.1, 0.15) is 5.52 Å². The number of rotatable bonds is 5. The summed E-state index contributed by atoms with van der Waals surface area (Å²) in [6, 6.07) is 1.76. The molecule has 0 aromatic carbocycles. The molecule has 8 heteroatoms. The Hall–Kier alpha value is -1.70. The number of pyridine rings is 2. The van der Waals surface area contributed by atoms with Gasteiger partial charge in [0.05, 0.1) is 24.5 Å². The summed E-state index contributed by atoms with van der Waals surface area (Å²) in [4.78, 5) is 10.2. The molecule has 1 saturated heterocycles. The van der Waals surface area contributed by atoms with E-state index in [-0.39, 0.29) is 28.6 Å². The number of nitrogens with zero attached hydrogens (tertiary/aromatic N) is 3. The predicted molar refractivity (Wildman–Crippen MR) is 101 cm³/mol. The molecule has 27 heavy (non-hydrogen) atoms. The van der Waals surface area contributed by atoms with E-state index in [1.165, 1.54) is 6.20 Å². The lowest BCUT2D eigenvalue weighted by molar-refractivity contribution is 0.0450. The van der Waals surface area contributed by atoms with E-state index >= 15 is 0 Å². The molecular formula is C19H23ClFN3O3. The van der Waals surface area contributed by atoms with Gasteiger partial charge in [0.15, 0.2) is 11.0 Å². The van der Waals surface area contributed by atoms with Gasteiger partial charge in [0.25, 0.3) is 0 Å². The molecule has 0 spiro atoms. The zero-order chi connectivity index (χ0) is 19.2. The maximum absolute atomic E-state index is 14.6. The van der Waals surface area contributed by atoms with E-state index in [1.54, 1.807) is 13.0 Å². The van der Waals surface area contributed by atoms with E-state index in [0.717, 1.165) is 25.8 Å². The zero-order valence-electron chi connectivity index (χ0n) is 15.2. The van der Waals surface area contributed by atoms with Crippen molar-refractivity contribution in [2.45, 2.75) is 38.2 Å². The minimum atomic E-state index is -0.817. The van der Waals surface area contributed by atoms with Gasteiger partial charge >= 0.3 is 0 Å². The minimum Gasteiger partial charge on any atom is -0.477 e. The Morgan fingerprint density at radius 3 is 2.81 bits per heavy atom. The number of halogens is 2. The highest BCUT2D eigenvalue weighted by Crippen LogP contribution is 2.45. The summed E-state index contributed by atoms with van der Waals surface area (Å²) < 4.78 is 20.4. The van der Waals surface area contributed by atoms with Gasteiger partial charge in [-0.05, 0) is 32.6 Å². The molecule has 2 aliphatic rings. The summed E-state index contributed by atoms with van der Waals surface area (Å²) >= 11 is 5.85. The molecule has 2 aromatic rings. The first-order valence-electron chi connectivity index (χ1n) is 9.18. The third-order valence-corrected chi connectivity index (χ3v) is 5.81. The van der Waals surface area contributed by atoms with Crippen LogP contribution in [0, 0.1) is 11.2 Å². The van der Waals surface area contributed by atoms with Crippen molar-refractivity contribution in [3.63, 3.8) is 0 Å². The van der Waals surface area contributed by atoms with Gasteiger partial charge in [-0.1, -0.05) is 11.6 Å². The summed E-state index contributed by atoms with van der Waals surface area (Å²) in [5, 5.41) is 20.2. The van der Waals surface area contributed by atoms with Gasteiger partial charge in [-0.15, -0.1) is 0 Å². The maximum atomic E-state index is 14.6. The largest absolute Gasteiger partial charge is 0.477 e. The second-order valence-corrected chi connectivity index (χ2v) is 8.43. The van der Waals surface area contributed by atoms with Crippen LogP contribution in [0.5, 0.6) is 5.88 Å². The van der Waals surface area contributed by atoms with Crippen LogP contribution >= 0.6 is 11.6 Å². The Balaban J connectivity index is 1.74. The molecule has 6 nitrogen and oxygen atoms in total. The van der Waals surface area contributed by atoms with Crippen LogP contribution in [0.4, 0.5) is 10.1 Å². The van der Waals surface area contributed by atoms with Crippen LogP contribution in [-0.2, 0) is 0 Å². The molecule has 4 rings (SSSR count). The van der Waals surface area contributed by atoms with Crippen LogP contribution in [-0.4, -0.2) is 52.1 Å². The van der Waals surface area contributed by atoms with Crippen molar-refractivity contribution in [2.24, 2.45) is 5.41 Å². The summed E-state index contributed by atoms with van der Waals surface area (Å²) in [6.45, 7) is 3.36. The van der Waals surface area contributed by atoms with Crippen molar-refractivity contribution in [1.82, 2.24) is 9.97 Å². The molecule has 146 valence electrons. The smallest absolute Gasteiger partial charge is 0.216 e. The van der Waals surface area contributed by atoms with Crippen molar-refractivity contribution in [1.29, 1.82) is 0 Å². The highest BCUT2D eigenvalue weighted by Gasteiger charge is 2.43. The monoisotopic (exact) mass is 395 g/mol. The lowest BCUT2D eigenvalue weighted by atomic mass is 9.94.